The van der Waals surface area contributed by atoms with Crippen molar-refractivity contribution in [2.75, 3.05) is 13.1 Å². The number of carbonyl (C=O) groups is 1. The Labute approximate surface area is 181 Å². The first-order chi connectivity index (χ1) is 14.7. The molecule has 2 aromatic rings. The molecule has 0 bridgehead atoms. The predicted octanol–water partition coefficient (Wildman–Crippen LogP) is 4.95. The molecule has 1 saturated heterocycles. The monoisotopic (exact) mass is 428 g/mol. The average molecular weight is 428 g/mol. The van der Waals surface area contributed by atoms with Crippen LogP contribution < -0.4 is 9.47 Å². The molecule has 2 aromatic carbocycles. The van der Waals surface area contributed by atoms with Gasteiger partial charge in [0.05, 0.1) is 4.92 Å². The van der Waals surface area contributed by atoms with Crippen molar-refractivity contribution in [1.82, 2.24) is 4.90 Å². The third-order valence-electron chi connectivity index (χ3n) is 4.76. The van der Waals surface area contributed by atoms with Gasteiger partial charge >= 0.3 is 11.8 Å². The number of hydrogen-bond donors (Lipinski definition) is 0. The Morgan fingerprint density at radius 1 is 1.13 bits per heavy atom. The van der Waals surface area contributed by atoms with Crippen molar-refractivity contribution in [1.29, 1.82) is 0 Å². The molecular weight excluding hydrogens is 400 g/mol. The highest BCUT2D eigenvalue weighted by atomic mass is 16.6. The summed E-state index contributed by atoms with van der Waals surface area (Å²) < 4.78 is 17.2. The number of nitro benzene ring substituents is 1. The highest BCUT2D eigenvalue weighted by Crippen LogP contribution is 2.33. The topological polar surface area (TPSA) is 91.1 Å². The molecule has 0 saturated carbocycles. The van der Waals surface area contributed by atoms with Gasteiger partial charge in [-0.25, -0.2) is 4.79 Å². The second-order valence-corrected chi connectivity index (χ2v) is 8.45. The third-order valence-corrected chi connectivity index (χ3v) is 4.76. The molecule has 8 nitrogen and oxygen atoms in total. The van der Waals surface area contributed by atoms with Crippen LogP contribution in [0.25, 0.3) is 0 Å². The maximum absolute atomic E-state index is 12.2. The number of carbonyl (C=O) groups excluding carboxylic acids is 1. The molecule has 8 heteroatoms. The van der Waals surface area contributed by atoms with Crippen LogP contribution in [0.15, 0.2) is 48.5 Å². The standard InChI is InChI=1S/C23H28N2O6/c1-23(2,3)31-22(26)24-13-11-18(12-14-24)30-19-9-10-20(25(27)28)21(15-19)29-16-17-7-5-4-6-8-17/h4-10,15,18H,11-14,16H2,1-3H3. The van der Waals surface area contributed by atoms with E-state index in [0.717, 1.165) is 5.56 Å². The molecule has 1 aliphatic heterocycles. The molecule has 31 heavy (non-hydrogen) atoms. The van der Waals surface area contributed by atoms with Crippen LogP contribution in [-0.2, 0) is 11.3 Å². The van der Waals surface area contributed by atoms with Gasteiger partial charge < -0.3 is 19.1 Å². The lowest BCUT2D eigenvalue weighted by Gasteiger charge is -2.33. The molecular formula is C23H28N2O6. The summed E-state index contributed by atoms with van der Waals surface area (Å²) in [6.07, 6.45) is 0.882. The summed E-state index contributed by atoms with van der Waals surface area (Å²) in [5.41, 5.74) is 0.278. The first kappa shape index (κ1) is 22.4. The van der Waals surface area contributed by atoms with Crippen LogP contribution in [0.1, 0.15) is 39.2 Å². The maximum Gasteiger partial charge on any atom is 0.410 e. The molecule has 0 spiro atoms. The summed E-state index contributed by atoms with van der Waals surface area (Å²) in [6.45, 7) is 6.81. The molecule has 1 heterocycles. The van der Waals surface area contributed by atoms with E-state index < -0.39 is 10.5 Å². The Balaban J connectivity index is 1.60. The van der Waals surface area contributed by atoms with Gasteiger partial charge in [0.25, 0.3) is 0 Å². The van der Waals surface area contributed by atoms with Gasteiger partial charge in [0.15, 0.2) is 0 Å². The van der Waals surface area contributed by atoms with Gasteiger partial charge in [-0.2, -0.15) is 0 Å². The van der Waals surface area contributed by atoms with Gasteiger partial charge in [0.2, 0.25) is 5.75 Å². The van der Waals surface area contributed by atoms with Gasteiger partial charge in [-0.1, -0.05) is 30.3 Å². The van der Waals surface area contributed by atoms with Crippen LogP contribution >= 0.6 is 0 Å². The molecule has 0 unspecified atom stereocenters. The van der Waals surface area contributed by atoms with E-state index in [0.29, 0.717) is 31.7 Å². The molecule has 3 rings (SSSR count). The van der Waals surface area contributed by atoms with E-state index in [9.17, 15) is 14.9 Å². The van der Waals surface area contributed by atoms with Gasteiger partial charge in [-0.15, -0.1) is 0 Å². The van der Waals surface area contributed by atoms with E-state index >= 15 is 0 Å². The van der Waals surface area contributed by atoms with Crippen molar-refractivity contribution < 1.29 is 23.9 Å². The Bertz CT molecular complexity index is 902. The summed E-state index contributed by atoms with van der Waals surface area (Å²) in [5.74, 6) is 0.668. The van der Waals surface area contributed by atoms with E-state index in [1.165, 1.54) is 6.07 Å². The maximum atomic E-state index is 12.2. The molecule has 0 N–H and O–H groups in total. The molecule has 166 valence electrons. The number of likely N-dealkylation sites (tertiary alicyclic amines) is 1. The normalized spacial score (nSPS) is 14.7. The number of nitro groups is 1. The highest BCUT2D eigenvalue weighted by Gasteiger charge is 2.28. The summed E-state index contributed by atoms with van der Waals surface area (Å²) in [7, 11) is 0. The van der Waals surface area contributed by atoms with Crippen LogP contribution in [0.5, 0.6) is 11.5 Å². The van der Waals surface area contributed by atoms with Crippen molar-refractivity contribution >= 4 is 11.8 Å². The molecule has 1 aliphatic rings. The van der Waals surface area contributed by atoms with Crippen LogP contribution in [0.2, 0.25) is 0 Å². The summed E-state index contributed by atoms with van der Waals surface area (Å²) in [5, 5.41) is 11.4. The summed E-state index contributed by atoms with van der Waals surface area (Å²) in [4.78, 5) is 24.8. The van der Waals surface area contributed by atoms with E-state index in [-0.39, 0.29) is 30.2 Å². The van der Waals surface area contributed by atoms with Crippen molar-refractivity contribution in [2.45, 2.75) is 51.9 Å². The highest BCUT2D eigenvalue weighted by molar-refractivity contribution is 5.68. The smallest absolute Gasteiger partial charge is 0.410 e. The lowest BCUT2D eigenvalue weighted by atomic mass is 10.1. The molecule has 1 fully saturated rings. The summed E-state index contributed by atoms with van der Waals surface area (Å²) >= 11 is 0. The summed E-state index contributed by atoms with van der Waals surface area (Å²) in [6, 6.07) is 14.0. The lowest BCUT2D eigenvalue weighted by Crippen LogP contribution is -2.44. The van der Waals surface area contributed by atoms with Crippen molar-refractivity contribution in [2.24, 2.45) is 0 Å². The van der Waals surface area contributed by atoms with Crippen LogP contribution in [-0.4, -0.2) is 40.7 Å². The van der Waals surface area contributed by atoms with Crippen molar-refractivity contribution in [3.05, 3.63) is 64.2 Å². The fraction of sp³-hybridized carbons (Fsp3) is 0.435. The van der Waals surface area contributed by atoms with E-state index in [1.54, 1.807) is 17.0 Å². The number of ether oxygens (including phenoxy) is 3. The predicted molar refractivity (Wildman–Crippen MR) is 115 cm³/mol. The quantitative estimate of drug-likeness (QED) is 0.477. The van der Waals surface area contributed by atoms with Crippen molar-refractivity contribution in [3.63, 3.8) is 0 Å². The van der Waals surface area contributed by atoms with Gasteiger partial charge in [0.1, 0.15) is 24.1 Å². The fourth-order valence-corrected chi connectivity index (χ4v) is 3.24. The zero-order chi connectivity index (χ0) is 22.4. The number of hydrogen-bond acceptors (Lipinski definition) is 6. The first-order valence-corrected chi connectivity index (χ1v) is 10.3. The first-order valence-electron chi connectivity index (χ1n) is 10.3. The number of nitrogens with zero attached hydrogens (tertiary/aromatic N) is 2. The lowest BCUT2D eigenvalue weighted by molar-refractivity contribution is -0.386. The Morgan fingerprint density at radius 3 is 2.42 bits per heavy atom. The number of piperidine rings is 1. The second-order valence-electron chi connectivity index (χ2n) is 8.45. The van der Waals surface area contributed by atoms with E-state index in [1.807, 2.05) is 51.1 Å². The number of amides is 1. The van der Waals surface area contributed by atoms with Crippen LogP contribution in [0.4, 0.5) is 10.5 Å². The van der Waals surface area contributed by atoms with Crippen LogP contribution in [0, 0.1) is 10.1 Å². The fourth-order valence-electron chi connectivity index (χ4n) is 3.24. The Morgan fingerprint density at radius 2 is 1.81 bits per heavy atom. The van der Waals surface area contributed by atoms with Crippen LogP contribution in [0.3, 0.4) is 0 Å². The third kappa shape index (κ3) is 6.60. The largest absolute Gasteiger partial charge is 0.490 e. The second kappa shape index (κ2) is 9.68. The minimum atomic E-state index is -0.528. The van der Waals surface area contributed by atoms with Gasteiger partial charge in [-0.3, -0.25) is 10.1 Å². The SMILES string of the molecule is CC(C)(C)OC(=O)N1CCC(Oc2ccc([N+](=O)[O-])c(OCc3ccccc3)c2)CC1. The molecule has 1 amide bonds. The van der Waals surface area contributed by atoms with Gasteiger partial charge in [-0.05, 0) is 32.4 Å². The van der Waals surface area contributed by atoms with E-state index in [4.69, 9.17) is 14.2 Å². The molecule has 0 radical (unpaired) electrons. The average Bonchev–Trinajstić information content (AvgIpc) is 2.72. The van der Waals surface area contributed by atoms with Gasteiger partial charge in [0, 0.05) is 38.1 Å². The molecule has 0 aliphatic carbocycles. The number of benzene rings is 2. The molecule has 0 atom stereocenters. The van der Waals surface area contributed by atoms with Crippen molar-refractivity contribution in [3.8, 4) is 11.5 Å². The zero-order valence-corrected chi connectivity index (χ0v) is 18.1. The zero-order valence-electron chi connectivity index (χ0n) is 18.1. The minimum absolute atomic E-state index is 0.0953. The molecule has 0 aromatic heterocycles. The minimum Gasteiger partial charge on any atom is -0.490 e. The Kier molecular flexibility index (Phi) is 6.99. The Hall–Kier alpha value is -3.29. The number of rotatable bonds is 6. The van der Waals surface area contributed by atoms with E-state index in [2.05, 4.69) is 0 Å².